The number of hydrogen-bond acceptors (Lipinski definition) is 3. The second kappa shape index (κ2) is 7.26. The predicted molar refractivity (Wildman–Crippen MR) is 92.6 cm³/mol. The quantitative estimate of drug-likeness (QED) is 0.565. The van der Waals surface area contributed by atoms with E-state index in [9.17, 15) is 8.42 Å². The second-order valence-corrected chi connectivity index (χ2v) is 7.00. The average molecular weight is 376 g/mol. The Morgan fingerprint density at radius 3 is 2.14 bits per heavy atom. The first-order chi connectivity index (χ1) is 10.4. The van der Waals surface area contributed by atoms with Crippen molar-refractivity contribution < 1.29 is 8.42 Å². The molecular weight excluding hydrogens is 365 g/mol. The minimum absolute atomic E-state index is 0.00880. The first-order valence-electron chi connectivity index (χ1n) is 5.98. The van der Waals surface area contributed by atoms with Crippen molar-refractivity contribution >= 4 is 56.2 Å². The van der Waals surface area contributed by atoms with E-state index in [-0.39, 0.29) is 10.0 Å². The Balaban J connectivity index is 2.02. The highest BCUT2D eigenvalue weighted by Gasteiger charge is 2.14. The van der Waals surface area contributed by atoms with Crippen molar-refractivity contribution in [3.05, 3.63) is 58.6 Å². The number of nitrogens with one attached hydrogen (secondary N) is 3. The molecule has 0 bridgehead atoms. The Bertz CT molecular complexity index is 763. The summed E-state index contributed by atoms with van der Waals surface area (Å²) < 4.78 is 24.0. The molecular formula is C13H11Cl2N3O2S2. The highest BCUT2D eigenvalue weighted by Crippen LogP contribution is 2.29. The zero-order chi connectivity index (χ0) is 16.2. The summed E-state index contributed by atoms with van der Waals surface area (Å²) in [6, 6.07) is 12.8. The number of benzene rings is 2. The van der Waals surface area contributed by atoms with Crippen molar-refractivity contribution in [2.75, 3.05) is 5.32 Å². The van der Waals surface area contributed by atoms with E-state index in [1.54, 1.807) is 36.4 Å². The van der Waals surface area contributed by atoms with Crippen LogP contribution >= 0.6 is 35.4 Å². The molecule has 0 amide bonds. The third-order valence-electron chi connectivity index (χ3n) is 2.55. The molecule has 0 heterocycles. The van der Waals surface area contributed by atoms with Crippen LogP contribution in [0, 0.1) is 0 Å². The van der Waals surface area contributed by atoms with Crippen molar-refractivity contribution in [2.24, 2.45) is 0 Å². The SMILES string of the molecule is O=S(=O)(NNC(=S)Nc1c(Cl)cccc1Cl)c1ccccc1. The summed E-state index contributed by atoms with van der Waals surface area (Å²) in [6.07, 6.45) is 0. The Hall–Kier alpha value is -1.38. The van der Waals surface area contributed by atoms with Crippen LogP contribution in [0.2, 0.25) is 10.0 Å². The fourth-order valence-electron chi connectivity index (χ4n) is 1.53. The van der Waals surface area contributed by atoms with Crippen LogP contribution in [0.4, 0.5) is 5.69 Å². The maximum absolute atomic E-state index is 12.0. The van der Waals surface area contributed by atoms with E-state index < -0.39 is 10.0 Å². The molecule has 9 heteroatoms. The van der Waals surface area contributed by atoms with Crippen LogP contribution in [0.3, 0.4) is 0 Å². The van der Waals surface area contributed by atoms with Crippen LogP contribution in [0.15, 0.2) is 53.4 Å². The van der Waals surface area contributed by atoms with Gasteiger partial charge in [0, 0.05) is 0 Å². The first kappa shape index (κ1) is 17.0. The maximum atomic E-state index is 12.0. The molecule has 0 aliphatic rings. The van der Waals surface area contributed by atoms with E-state index in [1.165, 1.54) is 12.1 Å². The Labute approximate surface area is 143 Å². The van der Waals surface area contributed by atoms with E-state index in [0.29, 0.717) is 15.7 Å². The van der Waals surface area contributed by atoms with Crippen LogP contribution in [0.25, 0.3) is 0 Å². The van der Waals surface area contributed by atoms with Crippen molar-refractivity contribution in [3.8, 4) is 0 Å². The molecule has 0 unspecified atom stereocenters. The van der Waals surface area contributed by atoms with E-state index in [2.05, 4.69) is 15.6 Å². The van der Waals surface area contributed by atoms with E-state index in [1.807, 2.05) is 0 Å². The highest BCUT2D eigenvalue weighted by atomic mass is 35.5. The van der Waals surface area contributed by atoms with Gasteiger partial charge in [-0.05, 0) is 36.5 Å². The Morgan fingerprint density at radius 1 is 0.955 bits per heavy atom. The molecule has 0 spiro atoms. The van der Waals surface area contributed by atoms with Crippen LogP contribution in [0.1, 0.15) is 0 Å². The monoisotopic (exact) mass is 375 g/mol. The van der Waals surface area contributed by atoms with Gasteiger partial charge in [-0.15, -0.1) is 4.83 Å². The normalized spacial score (nSPS) is 11.0. The maximum Gasteiger partial charge on any atom is 0.257 e. The molecule has 22 heavy (non-hydrogen) atoms. The molecule has 116 valence electrons. The Kier molecular flexibility index (Phi) is 5.60. The van der Waals surface area contributed by atoms with Crippen LogP contribution < -0.4 is 15.6 Å². The number of para-hydroxylation sites is 1. The molecule has 0 aliphatic carbocycles. The third-order valence-corrected chi connectivity index (χ3v) is 4.65. The van der Waals surface area contributed by atoms with Gasteiger partial charge >= 0.3 is 0 Å². The number of hydrogen-bond donors (Lipinski definition) is 3. The summed E-state index contributed by atoms with van der Waals surface area (Å²) in [5.74, 6) is 0. The van der Waals surface area contributed by atoms with Gasteiger partial charge in [-0.25, -0.2) is 8.42 Å². The van der Waals surface area contributed by atoms with Crippen molar-refractivity contribution in [3.63, 3.8) is 0 Å². The molecule has 2 aromatic rings. The number of thiocarbonyl (C=S) groups is 1. The fourth-order valence-corrected chi connectivity index (χ4v) is 3.11. The summed E-state index contributed by atoms with van der Waals surface area (Å²) in [6.45, 7) is 0. The van der Waals surface area contributed by atoms with Crippen LogP contribution in [0.5, 0.6) is 0 Å². The van der Waals surface area contributed by atoms with Gasteiger partial charge in [0.2, 0.25) is 0 Å². The van der Waals surface area contributed by atoms with Crippen molar-refractivity contribution in [1.82, 2.24) is 10.3 Å². The number of hydrazine groups is 1. The van der Waals surface area contributed by atoms with Gasteiger partial charge in [0.1, 0.15) is 0 Å². The average Bonchev–Trinajstić information content (AvgIpc) is 2.50. The number of anilines is 1. The zero-order valence-corrected chi connectivity index (χ0v) is 14.2. The van der Waals surface area contributed by atoms with Gasteiger partial charge in [-0.1, -0.05) is 47.5 Å². The summed E-state index contributed by atoms with van der Waals surface area (Å²) in [5, 5.41) is 3.47. The molecule has 5 nitrogen and oxygen atoms in total. The number of halogens is 2. The zero-order valence-electron chi connectivity index (χ0n) is 11.0. The number of sulfonamides is 1. The lowest BCUT2D eigenvalue weighted by Crippen LogP contribution is -2.43. The Morgan fingerprint density at radius 2 is 1.55 bits per heavy atom. The second-order valence-electron chi connectivity index (χ2n) is 4.09. The standard InChI is InChI=1S/C13H11Cl2N3O2S2/c14-10-7-4-8-11(15)12(10)16-13(21)17-18-22(19,20)9-5-2-1-3-6-9/h1-8,18H,(H2,16,17,21). The van der Waals surface area contributed by atoms with Gasteiger partial charge in [-0.2, -0.15) is 0 Å². The molecule has 0 saturated carbocycles. The van der Waals surface area contributed by atoms with Gasteiger partial charge in [-0.3, -0.25) is 5.43 Å². The van der Waals surface area contributed by atoms with Gasteiger partial charge in [0.05, 0.1) is 20.6 Å². The summed E-state index contributed by atoms with van der Waals surface area (Å²) >= 11 is 17.0. The first-order valence-corrected chi connectivity index (χ1v) is 8.63. The predicted octanol–water partition coefficient (Wildman–Crippen LogP) is 3.17. The van der Waals surface area contributed by atoms with Gasteiger partial charge in [0.15, 0.2) is 5.11 Å². The van der Waals surface area contributed by atoms with E-state index in [4.69, 9.17) is 35.4 Å². The third kappa shape index (κ3) is 4.31. The van der Waals surface area contributed by atoms with Crippen LogP contribution in [-0.4, -0.2) is 13.5 Å². The smallest absolute Gasteiger partial charge is 0.257 e. The molecule has 0 radical (unpaired) electrons. The fraction of sp³-hybridized carbons (Fsp3) is 0. The molecule has 0 aromatic heterocycles. The van der Waals surface area contributed by atoms with E-state index in [0.717, 1.165) is 0 Å². The lowest BCUT2D eigenvalue weighted by Gasteiger charge is -2.13. The lowest BCUT2D eigenvalue weighted by atomic mass is 10.3. The molecule has 3 N–H and O–H groups in total. The largest absolute Gasteiger partial charge is 0.329 e. The van der Waals surface area contributed by atoms with Crippen LogP contribution in [-0.2, 0) is 10.0 Å². The van der Waals surface area contributed by atoms with Crippen molar-refractivity contribution in [1.29, 1.82) is 0 Å². The minimum atomic E-state index is -3.72. The molecule has 0 atom stereocenters. The molecule has 0 aliphatic heterocycles. The summed E-state index contributed by atoms with van der Waals surface area (Å²) in [7, 11) is -3.72. The lowest BCUT2D eigenvalue weighted by molar-refractivity contribution is 0.578. The molecule has 2 rings (SSSR count). The topological polar surface area (TPSA) is 70.2 Å². The van der Waals surface area contributed by atoms with Gasteiger partial charge < -0.3 is 5.32 Å². The summed E-state index contributed by atoms with van der Waals surface area (Å²) in [4.78, 5) is 2.28. The van der Waals surface area contributed by atoms with Crippen molar-refractivity contribution in [2.45, 2.75) is 4.90 Å². The number of rotatable bonds is 4. The van der Waals surface area contributed by atoms with Gasteiger partial charge in [0.25, 0.3) is 10.0 Å². The molecule has 2 aromatic carbocycles. The highest BCUT2D eigenvalue weighted by molar-refractivity contribution is 7.89. The summed E-state index contributed by atoms with van der Waals surface area (Å²) in [5.41, 5.74) is 2.78. The molecule has 0 saturated heterocycles. The minimum Gasteiger partial charge on any atom is -0.329 e. The molecule has 0 fully saturated rings. The van der Waals surface area contributed by atoms with E-state index >= 15 is 0 Å².